The van der Waals surface area contributed by atoms with Crippen molar-refractivity contribution in [3.05, 3.63) is 36.4 Å². The molecular weight excluding hydrogens is 360 g/mol. The largest absolute Gasteiger partial charge is 0.486 e. The molecule has 1 aliphatic rings. The summed E-state index contributed by atoms with van der Waals surface area (Å²) in [6.07, 6.45) is 0. The summed E-state index contributed by atoms with van der Waals surface area (Å²) in [5, 5.41) is 5.21. The second-order valence-electron chi connectivity index (χ2n) is 6.80. The lowest BCUT2D eigenvalue weighted by atomic mass is 10.1. The molecule has 1 atom stereocenters. The number of anilines is 1. The minimum absolute atomic E-state index is 0.00703. The van der Waals surface area contributed by atoms with E-state index in [1.54, 1.807) is 12.1 Å². The van der Waals surface area contributed by atoms with E-state index in [2.05, 4.69) is 15.6 Å². The third-order valence-corrected chi connectivity index (χ3v) is 4.30. The molecule has 0 fully saturated rings. The molecule has 8 nitrogen and oxygen atoms in total. The van der Waals surface area contributed by atoms with E-state index < -0.39 is 6.04 Å². The van der Waals surface area contributed by atoms with Gasteiger partial charge >= 0.3 is 0 Å². The van der Waals surface area contributed by atoms with E-state index in [-0.39, 0.29) is 24.3 Å². The molecule has 2 aromatic rings. The molecule has 148 valence electrons. The summed E-state index contributed by atoms with van der Waals surface area (Å²) in [5.74, 6) is 1.02. The van der Waals surface area contributed by atoms with Crippen LogP contribution in [0, 0.1) is 5.92 Å². The molecule has 0 saturated heterocycles. The minimum atomic E-state index is -0.649. The molecule has 1 aromatic heterocycles. The van der Waals surface area contributed by atoms with Gasteiger partial charge in [0.05, 0.1) is 18.3 Å². The molecule has 0 aliphatic carbocycles. The van der Waals surface area contributed by atoms with Crippen molar-refractivity contribution in [3.63, 3.8) is 0 Å². The number of carbonyl (C=O) groups excluding carboxylic acids is 2. The molecule has 1 aromatic carbocycles. The van der Waals surface area contributed by atoms with Crippen LogP contribution in [0.4, 0.5) is 5.82 Å². The highest BCUT2D eigenvalue weighted by Gasteiger charge is 2.18. The standard InChI is InChI=1S/C20H24N4O4/c1-12(2)19(21)20(26)22-11-18(25)24-17-5-3-4-14(23-17)13-6-7-15-16(10-13)28-9-8-27-15/h3-7,10,12,19H,8-9,11,21H2,1-2H3,(H,22,26)(H,23,24,25)/t19-/m0/s1. The van der Waals surface area contributed by atoms with Crippen molar-refractivity contribution in [1.29, 1.82) is 0 Å². The average Bonchev–Trinajstić information content (AvgIpc) is 2.71. The first-order valence-electron chi connectivity index (χ1n) is 9.14. The van der Waals surface area contributed by atoms with Crippen molar-refractivity contribution in [1.82, 2.24) is 10.3 Å². The number of nitrogens with two attached hydrogens (primary N) is 1. The van der Waals surface area contributed by atoms with Crippen LogP contribution >= 0.6 is 0 Å². The third kappa shape index (κ3) is 4.77. The van der Waals surface area contributed by atoms with Crippen LogP contribution in [0.2, 0.25) is 0 Å². The third-order valence-electron chi connectivity index (χ3n) is 4.30. The molecule has 0 bridgehead atoms. The predicted molar refractivity (Wildman–Crippen MR) is 105 cm³/mol. The summed E-state index contributed by atoms with van der Waals surface area (Å²) in [6.45, 7) is 4.56. The van der Waals surface area contributed by atoms with Gasteiger partial charge in [-0.2, -0.15) is 0 Å². The van der Waals surface area contributed by atoms with Gasteiger partial charge in [-0.25, -0.2) is 4.98 Å². The maximum absolute atomic E-state index is 12.1. The Kier molecular flexibility index (Phi) is 6.10. The maximum atomic E-state index is 12.1. The molecule has 0 spiro atoms. The van der Waals surface area contributed by atoms with Crippen LogP contribution in [0.1, 0.15) is 13.8 Å². The summed E-state index contributed by atoms with van der Waals surface area (Å²) in [4.78, 5) is 28.4. The molecule has 8 heteroatoms. The Labute approximate surface area is 163 Å². The van der Waals surface area contributed by atoms with Crippen molar-refractivity contribution in [3.8, 4) is 22.8 Å². The predicted octanol–water partition coefficient (Wildman–Crippen LogP) is 1.56. The fraction of sp³-hybridized carbons (Fsp3) is 0.350. The minimum Gasteiger partial charge on any atom is -0.486 e. The van der Waals surface area contributed by atoms with Crippen LogP contribution in [0.25, 0.3) is 11.3 Å². The Morgan fingerprint density at radius 3 is 2.64 bits per heavy atom. The first-order chi connectivity index (χ1) is 13.4. The zero-order valence-corrected chi connectivity index (χ0v) is 15.9. The van der Waals surface area contributed by atoms with Gasteiger partial charge < -0.3 is 25.8 Å². The highest BCUT2D eigenvalue weighted by molar-refractivity contribution is 5.94. The number of hydrogen-bond donors (Lipinski definition) is 3. The quantitative estimate of drug-likeness (QED) is 0.696. The van der Waals surface area contributed by atoms with E-state index in [1.165, 1.54) is 0 Å². The van der Waals surface area contributed by atoms with Crippen LogP contribution in [-0.4, -0.2) is 42.6 Å². The zero-order valence-electron chi connectivity index (χ0n) is 15.9. The van der Waals surface area contributed by atoms with E-state index in [9.17, 15) is 9.59 Å². The fourth-order valence-electron chi connectivity index (χ4n) is 2.64. The van der Waals surface area contributed by atoms with Crippen molar-refractivity contribution >= 4 is 17.6 Å². The van der Waals surface area contributed by atoms with Crippen LogP contribution in [0.3, 0.4) is 0 Å². The van der Waals surface area contributed by atoms with Gasteiger partial charge in [-0.15, -0.1) is 0 Å². The van der Waals surface area contributed by atoms with Crippen molar-refractivity contribution < 1.29 is 19.1 Å². The summed E-state index contributed by atoms with van der Waals surface area (Å²) >= 11 is 0. The first-order valence-corrected chi connectivity index (χ1v) is 9.14. The Morgan fingerprint density at radius 1 is 1.14 bits per heavy atom. The van der Waals surface area contributed by atoms with Gasteiger partial charge in [0, 0.05) is 5.56 Å². The first kappa shape index (κ1) is 19.6. The van der Waals surface area contributed by atoms with E-state index in [0.29, 0.717) is 36.2 Å². The molecule has 1 aliphatic heterocycles. The van der Waals surface area contributed by atoms with Gasteiger partial charge in [-0.3, -0.25) is 9.59 Å². The highest BCUT2D eigenvalue weighted by atomic mass is 16.6. The summed E-state index contributed by atoms with van der Waals surface area (Å²) in [7, 11) is 0. The number of nitrogens with zero attached hydrogens (tertiary/aromatic N) is 1. The zero-order chi connectivity index (χ0) is 20.1. The number of nitrogens with one attached hydrogen (secondary N) is 2. The lowest BCUT2D eigenvalue weighted by Crippen LogP contribution is -2.46. The van der Waals surface area contributed by atoms with Crippen LogP contribution in [0.5, 0.6) is 11.5 Å². The van der Waals surface area contributed by atoms with Gasteiger partial charge in [0.1, 0.15) is 19.0 Å². The van der Waals surface area contributed by atoms with E-state index in [1.807, 2.05) is 38.1 Å². The Bertz CT molecular complexity index is 869. The number of carbonyl (C=O) groups is 2. The second kappa shape index (κ2) is 8.71. The van der Waals surface area contributed by atoms with Crippen LogP contribution < -0.4 is 25.8 Å². The van der Waals surface area contributed by atoms with Gasteiger partial charge in [0.2, 0.25) is 11.8 Å². The van der Waals surface area contributed by atoms with E-state index >= 15 is 0 Å². The van der Waals surface area contributed by atoms with E-state index in [0.717, 1.165) is 5.56 Å². The van der Waals surface area contributed by atoms with E-state index in [4.69, 9.17) is 15.2 Å². The van der Waals surface area contributed by atoms with Crippen molar-refractivity contribution in [2.24, 2.45) is 11.7 Å². The van der Waals surface area contributed by atoms with Crippen molar-refractivity contribution in [2.45, 2.75) is 19.9 Å². The summed E-state index contributed by atoms with van der Waals surface area (Å²) in [6, 6.07) is 10.2. The maximum Gasteiger partial charge on any atom is 0.244 e. The lowest BCUT2D eigenvalue weighted by Gasteiger charge is -2.18. The Hall–Kier alpha value is -3.13. The molecular formula is C20H24N4O4. The smallest absolute Gasteiger partial charge is 0.244 e. The van der Waals surface area contributed by atoms with Gasteiger partial charge in [-0.1, -0.05) is 19.9 Å². The molecule has 0 saturated carbocycles. The van der Waals surface area contributed by atoms with Crippen molar-refractivity contribution in [2.75, 3.05) is 25.1 Å². The molecule has 28 heavy (non-hydrogen) atoms. The van der Waals surface area contributed by atoms with Gasteiger partial charge in [0.25, 0.3) is 0 Å². The normalized spacial score (nSPS) is 13.7. The topological polar surface area (TPSA) is 116 Å². The van der Waals surface area contributed by atoms with Crippen LogP contribution in [-0.2, 0) is 9.59 Å². The number of aromatic nitrogens is 1. The molecule has 0 unspecified atom stereocenters. The highest BCUT2D eigenvalue weighted by Crippen LogP contribution is 2.34. The monoisotopic (exact) mass is 384 g/mol. The number of fused-ring (bicyclic) bond motifs is 1. The van der Waals surface area contributed by atoms with Crippen LogP contribution in [0.15, 0.2) is 36.4 Å². The van der Waals surface area contributed by atoms with Gasteiger partial charge in [-0.05, 0) is 36.2 Å². The fourth-order valence-corrected chi connectivity index (χ4v) is 2.64. The summed E-state index contributed by atoms with van der Waals surface area (Å²) < 4.78 is 11.1. The average molecular weight is 384 g/mol. The SMILES string of the molecule is CC(C)[C@H](N)C(=O)NCC(=O)Nc1cccc(-c2ccc3c(c2)OCCO3)n1. The second-order valence-corrected chi connectivity index (χ2v) is 6.80. The number of hydrogen-bond acceptors (Lipinski definition) is 6. The summed E-state index contributed by atoms with van der Waals surface area (Å²) in [5.41, 5.74) is 7.28. The Morgan fingerprint density at radius 2 is 1.89 bits per heavy atom. The molecule has 2 amide bonds. The number of rotatable bonds is 6. The molecule has 2 heterocycles. The molecule has 0 radical (unpaired) electrons. The number of amides is 2. The number of ether oxygens (including phenoxy) is 2. The lowest BCUT2D eigenvalue weighted by molar-refractivity contribution is -0.125. The Balaban J connectivity index is 1.63. The molecule has 4 N–H and O–H groups in total. The number of pyridine rings is 1. The molecule has 3 rings (SSSR count). The van der Waals surface area contributed by atoms with Gasteiger partial charge in [0.15, 0.2) is 11.5 Å². The number of benzene rings is 1.